The van der Waals surface area contributed by atoms with Crippen molar-refractivity contribution in [3.63, 3.8) is 0 Å². The number of furan rings is 1. The molecule has 0 saturated carbocycles. The average molecular weight is 552 g/mol. The van der Waals surface area contributed by atoms with E-state index in [1.165, 1.54) is 4.90 Å². The predicted molar refractivity (Wildman–Crippen MR) is 154 cm³/mol. The number of carboxylic acids is 1. The highest BCUT2D eigenvalue weighted by molar-refractivity contribution is 6.05. The number of aryl methyl sites for hydroxylation is 3. The number of benzene rings is 3. The summed E-state index contributed by atoms with van der Waals surface area (Å²) in [4.78, 5) is 43.9. The second-order valence-electron chi connectivity index (χ2n) is 10.8. The number of aliphatic carboxylic acids is 1. The van der Waals surface area contributed by atoms with Crippen molar-refractivity contribution in [2.24, 2.45) is 5.92 Å². The zero-order chi connectivity index (χ0) is 29.5. The molecule has 1 amide bonds. The summed E-state index contributed by atoms with van der Waals surface area (Å²) in [5, 5.41) is 11.0. The van der Waals surface area contributed by atoms with Crippen molar-refractivity contribution in [1.29, 1.82) is 0 Å². The second-order valence-corrected chi connectivity index (χ2v) is 10.8. The van der Waals surface area contributed by atoms with Gasteiger partial charge in [0, 0.05) is 11.5 Å². The molecule has 1 saturated heterocycles. The molecule has 0 bridgehead atoms. The average Bonchev–Trinajstić information content (AvgIpc) is 3.46. The number of hydrogen-bond donors (Lipinski definition) is 1. The first-order valence-corrected chi connectivity index (χ1v) is 13.5. The fraction of sp³-hybridized carbons (Fsp3) is 0.265. The molecule has 3 aromatic carbocycles. The van der Waals surface area contributed by atoms with E-state index >= 15 is 0 Å². The Bertz CT molecular complexity index is 1610. The Kier molecular flexibility index (Phi) is 7.30. The molecule has 210 valence electrons. The smallest absolute Gasteiger partial charge is 0.330 e. The van der Waals surface area contributed by atoms with Crippen molar-refractivity contribution in [3.8, 4) is 5.75 Å². The van der Waals surface area contributed by atoms with Crippen molar-refractivity contribution in [2.75, 3.05) is 7.11 Å². The number of methoxy groups -OCH3 is 1. The normalized spacial score (nSPS) is 22.0. The zero-order valence-corrected chi connectivity index (χ0v) is 23.8. The molecule has 0 radical (unpaired) electrons. The number of carboxylic acid groups (broad SMARTS) is 1. The molecule has 2 heterocycles. The number of ketones is 1. The maximum Gasteiger partial charge on any atom is 0.330 e. The summed E-state index contributed by atoms with van der Waals surface area (Å²) in [5.74, 6) is -2.14. The van der Waals surface area contributed by atoms with Gasteiger partial charge in [0.25, 0.3) is 5.91 Å². The van der Waals surface area contributed by atoms with Crippen LogP contribution in [0.3, 0.4) is 0 Å². The topological polar surface area (TPSA) is 97.0 Å². The Morgan fingerprint density at radius 2 is 1.56 bits per heavy atom. The summed E-state index contributed by atoms with van der Waals surface area (Å²) in [7, 11) is 1.55. The van der Waals surface area contributed by atoms with Crippen LogP contribution in [-0.4, -0.2) is 40.3 Å². The Labute approximate surface area is 239 Å². The number of Topliss-reactive ketones (excluding diaryl/α,β-unsaturated/α-hetero) is 1. The van der Waals surface area contributed by atoms with Gasteiger partial charge in [-0.05, 0) is 69.2 Å². The van der Waals surface area contributed by atoms with Crippen molar-refractivity contribution in [1.82, 2.24) is 4.90 Å². The van der Waals surface area contributed by atoms with E-state index in [1.54, 1.807) is 88.5 Å². The van der Waals surface area contributed by atoms with E-state index in [1.807, 2.05) is 31.2 Å². The fourth-order valence-electron chi connectivity index (χ4n) is 6.33. The van der Waals surface area contributed by atoms with Gasteiger partial charge in [-0.3, -0.25) is 9.59 Å². The summed E-state index contributed by atoms with van der Waals surface area (Å²) in [5.41, 5.74) is 1.17. The molecule has 1 N–H and O–H groups in total. The van der Waals surface area contributed by atoms with Crippen LogP contribution in [0.1, 0.15) is 67.8 Å². The molecule has 0 spiro atoms. The number of ether oxygens (including phenoxy) is 1. The highest BCUT2D eigenvalue weighted by Crippen LogP contribution is 2.57. The Hall–Kier alpha value is -4.65. The predicted octanol–water partition coefficient (Wildman–Crippen LogP) is 6.54. The summed E-state index contributed by atoms with van der Waals surface area (Å²) < 4.78 is 11.1. The number of nitrogens with zero attached hydrogens (tertiary/aromatic N) is 1. The van der Waals surface area contributed by atoms with Crippen molar-refractivity contribution >= 4 is 17.7 Å². The molecule has 4 unspecified atom stereocenters. The fourth-order valence-corrected chi connectivity index (χ4v) is 6.33. The summed E-state index contributed by atoms with van der Waals surface area (Å²) in [6.45, 7) is 6.97. The van der Waals surface area contributed by atoms with Gasteiger partial charge < -0.3 is 19.2 Å². The van der Waals surface area contributed by atoms with Gasteiger partial charge in [-0.1, -0.05) is 60.2 Å². The number of hydrogen-bond acceptors (Lipinski definition) is 5. The van der Waals surface area contributed by atoms with Gasteiger partial charge in [-0.15, -0.1) is 0 Å². The lowest BCUT2D eigenvalue weighted by Gasteiger charge is -2.38. The third-order valence-electron chi connectivity index (χ3n) is 8.22. The lowest BCUT2D eigenvalue weighted by Crippen LogP contribution is -2.54. The first-order chi connectivity index (χ1) is 19.6. The Morgan fingerprint density at radius 1 is 0.878 bits per heavy atom. The minimum atomic E-state index is -1.79. The minimum absolute atomic E-state index is 0.275. The van der Waals surface area contributed by atoms with Crippen molar-refractivity contribution in [3.05, 3.63) is 124 Å². The molecule has 1 fully saturated rings. The number of amides is 1. The van der Waals surface area contributed by atoms with E-state index in [-0.39, 0.29) is 5.78 Å². The summed E-state index contributed by atoms with van der Waals surface area (Å²) >= 11 is 0. The van der Waals surface area contributed by atoms with E-state index in [9.17, 15) is 19.5 Å². The van der Waals surface area contributed by atoms with E-state index in [0.29, 0.717) is 39.5 Å². The van der Waals surface area contributed by atoms with Gasteiger partial charge in [0.05, 0.1) is 24.6 Å². The highest BCUT2D eigenvalue weighted by atomic mass is 16.5. The molecular formula is C34H33NO6. The minimum Gasteiger partial charge on any atom is -0.497 e. The maximum atomic E-state index is 14.7. The van der Waals surface area contributed by atoms with Crippen molar-refractivity contribution < 1.29 is 28.6 Å². The summed E-state index contributed by atoms with van der Waals surface area (Å²) in [6.07, 6.45) is 0. The molecule has 4 aromatic rings. The number of carbonyl (C=O) groups is 3. The van der Waals surface area contributed by atoms with Crippen LogP contribution < -0.4 is 4.74 Å². The lowest BCUT2D eigenvalue weighted by atomic mass is 9.71. The van der Waals surface area contributed by atoms with Gasteiger partial charge in [0.1, 0.15) is 22.8 Å². The molecule has 1 aliphatic heterocycles. The van der Waals surface area contributed by atoms with Crippen LogP contribution in [0, 0.1) is 26.7 Å². The molecule has 1 aromatic heterocycles. The van der Waals surface area contributed by atoms with Crippen LogP contribution in [0.4, 0.5) is 0 Å². The van der Waals surface area contributed by atoms with Crippen LogP contribution in [0.2, 0.25) is 0 Å². The maximum absolute atomic E-state index is 14.7. The number of carbonyl (C=O) groups excluding carboxylic acids is 2. The Morgan fingerprint density at radius 3 is 2.12 bits per heavy atom. The molecule has 0 aliphatic carbocycles. The molecule has 7 heteroatoms. The van der Waals surface area contributed by atoms with Crippen molar-refractivity contribution in [2.45, 2.75) is 45.2 Å². The molecule has 41 heavy (non-hydrogen) atoms. The molecular weight excluding hydrogens is 518 g/mol. The first-order valence-electron chi connectivity index (χ1n) is 13.5. The van der Waals surface area contributed by atoms with Crippen LogP contribution in [0.5, 0.6) is 5.75 Å². The third-order valence-corrected chi connectivity index (χ3v) is 8.22. The number of likely N-dealkylation sites (tertiary alicyclic amines) is 1. The van der Waals surface area contributed by atoms with E-state index in [4.69, 9.17) is 9.15 Å². The van der Waals surface area contributed by atoms with E-state index < -0.39 is 35.3 Å². The zero-order valence-electron chi connectivity index (χ0n) is 23.8. The highest BCUT2D eigenvalue weighted by Gasteiger charge is 2.65. The van der Waals surface area contributed by atoms with E-state index in [2.05, 4.69) is 0 Å². The summed E-state index contributed by atoms with van der Waals surface area (Å²) in [6, 6.07) is 24.0. The van der Waals surface area contributed by atoms with Crippen LogP contribution in [0.25, 0.3) is 0 Å². The van der Waals surface area contributed by atoms with Crippen LogP contribution in [-0.2, 0) is 4.79 Å². The monoisotopic (exact) mass is 551 g/mol. The largest absolute Gasteiger partial charge is 0.497 e. The van der Waals surface area contributed by atoms with E-state index in [0.717, 1.165) is 5.56 Å². The van der Waals surface area contributed by atoms with Gasteiger partial charge in [-0.2, -0.15) is 0 Å². The SMILES string of the molecule is COc1ccc(C2C(C(=O)c3cc(C)oc3C)C(c3cccc(C)c3)N(C(=O)c3ccccc3)C2(C)C(=O)O)cc1. The third kappa shape index (κ3) is 4.71. The van der Waals surface area contributed by atoms with Gasteiger partial charge in [0.2, 0.25) is 0 Å². The number of rotatable bonds is 7. The molecule has 4 atom stereocenters. The molecule has 1 aliphatic rings. The first kappa shape index (κ1) is 27.9. The quantitative estimate of drug-likeness (QED) is 0.262. The molecule has 5 rings (SSSR count). The lowest BCUT2D eigenvalue weighted by molar-refractivity contribution is -0.148. The standard InChI is InChI=1S/C34H33NO6/c1-20-10-9-13-25(18-20)30-28(31(36)27-19-21(2)41-22(27)3)29(23-14-16-26(40-5)17-15-23)34(4,33(38)39)35(30)32(37)24-11-7-6-8-12-24/h6-19,28-30H,1-5H3,(H,38,39). The van der Waals surface area contributed by atoms with Crippen LogP contribution >= 0.6 is 0 Å². The molecule has 7 nitrogen and oxygen atoms in total. The second kappa shape index (κ2) is 10.7. The van der Waals surface area contributed by atoms with Gasteiger partial charge in [-0.25, -0.2) is 4.79 Å². The van der Waals surface area contributed by atoms with Gasteiger partial charge >= 0.3 is 5.97 Å². The van der Waals surface area contributed by atoms with Gasteiger partial charge in [0.15, 0.2) is 5.78 Å². The Balaban J connectivity index is 1.84. The van der Waals surface area contributed by atoms with Crippen LogP contribution in [0.15, 0.2) is 89.3 Å².